The Bertz CT molecular complexity index is 1970. The van der Waals surface area contributed by atoms with Crippen molar-refractivity contribution in [2.45, 2.75) is 25.7 Å². The van der Waals surface area contributed by atoms with Crippen LogP contribution >= 0.6 is 0 Å². The highest BCUT2D eigenvalue weighted by Crippen LogP contribution is 2.38. The van der Waals surface area contributed by atoms with Gasteiger partial charge in [0, 0.05) is 16.9 Å². The minimum atomic E-state index is -4.23. The quantitative estimate of drug-likeness (QED) is 0.130. The number of rotatable bonds is 9. The maximum Gasteiger partial charge on any atom is 0.341 e. The zero-order valence-electron chi connectivity index (χ0n) is 23.7. The minimum absolute atomic E-state index is 0.0693. The number of pyridine rings is 1. The van der Waals surface area contributed by atoms with Crippen molar-refractivity contribution in [2.24, 2.45) is 10.2 Å². The lowest BCUT2D eigenvalue weighted by molar-refractivity contribution is 0.486. The molecule has 0 aliphatic heterocycles. The number of aromatic nitrogens is 1. The Kier molecular flexibility index (Phi) is 8.46. The number of nitriles is 1. The lowest BCUT2D eigenvalue weighted by Crippen LogP contribution is -2.09. The SMILES string of the molecule is Cc1cccc(Nc2nc(Nc3cccc(C)c3)c(N=Nc3ccccc3S(=O)(=O)Oc3ccccc3)c(C)c2C#N)c1. The van der Waals surface area contributed by atoms with E-state index in [-0.39, 0.29) is 27.6 Å². The van der Waals surface area contributed by atoms with E-state index in [2.05, 4.69) is 26.9 Å². The van der Waals surface area contributed by atoms with E-state index in [1.54, 1.807) is 49.4 Å². The van der Waals surface area contributed by atoms with Gasteiger partial charge in [0.05, 0.1) is 5.56 Å². The molecule has 0 saturated carbocycles. The topological polar surface area (TPSA) is 129 Å². The zero-order chi connectivity index (χ0) is 30.4. The first kappa shape index (κ1) is 29.0. The van der Waals surface area contributed by atoms with Crippen LogP contribution in [0.4, 0.5) is 34.4 Å². The standard InChI is InChI=1S/C33H28N6O3S/c1-22-11-9-13-25(19-22)35-32-28(21-34)24(3)31(33(37-32)36-26-14-10-12-23(2)20-26)39-38-29-17-7-8-18-30(29)43(40,41)42-27-15-5-4-6-16-27/h4-20H,1-3H3,(H2,35,36,37). The molecule has 0 aliphatic carbocycles. The van der Waals surface area contributed by atoms with Crippen LogP contribution in [0.3, 0.4) is 0 Å². The Morgan fingerprint density at radius 1 is 0.744 bits per heavy atom. The normalized spacial score (nSPS) is 11.2. The van der Waals surface area contributed by atoms with Gasteiger partial charge in [-0.15, -0.1) is 10.2 Å². The van der Waals surface area contributed by atoms with Crippen LogP contribution in [-0.2, 0) is 10.1 Å². The van der Waals surface area contributed by atoms with Crippen LogP contribution in [0.1, 0.15) is 22.3 Å². The summed E-state index contributed by atoms with van der Waals surface area (Å²) in [6.07, 6.45) is 0. The lowest BCUT2D eigenvalue weighted by Gasteiger charge is -2.16. The number of aryl methyl sites for hydroxylation is 2. The minimum Gasteiger partial charge on any atom is -0.379 e. The zero-order valence-corrected chi connectivity index (χ0v) is 24.6. The van der Waals surface area contributed by atoms with Crippen LogP contribution in [0.15, 0.2) is 118 Å². The third kappa shape index (κ3) is 6.86. The Balaban J connectivity index is 1.59. The van der Waals surface area contributed by atoms with Crippen molar-refractivity contribution in [1.82, 2.24) is 4.98 Å². The molecule has 43 heavy (non-hydrogen) atoms. The fourth-order valence-corrected chi connectivity index (χ4v) is 5.42. The Morgan fingerprint density at radius 3 is 1.98 bits per heavy atom. The van der Waals surface area contributed by atoms with Crippen molar-refractivity contribution in [3.8, 4) is 11.8 Å². The van der Waals surface area contributed by atoms with Crippen molar-refractivity contribution < 1.29 is 12.6 Å². The molecule has 0 atom stereocenters. The van der Waals surface area contributed by atoms with Gasteiger partial charge in [0.2, 0.25) is 0 Å². The van der Waals surface area contributed by atoms with Gasteiger partial charge in [-0.25, -0.2) is 4.98 Å². The van der Waals surface area contributed by atoms with Crippen LogP contribution in [-0.4, -0.2) is 13.4 Å². The summed E-state index contributed by atoms with van der Waals surface area (Å²) in [5.74, 6) is 0.857. The van der Waals surface area contributed by atoms with Gasteiger partial charge in [-0.05, 0) is 80.4 Å². The molecule has 0 spiro atoms. The molecule has 4 aromatic carbocycles. The molecule has 0 unspecified atom stereocenters. The number of hydrogen-bond acceptors (Lipinski definition) is 9. The molecule has 1 aromatic heterocycles. The summed E-state index contributed by atoms with van der Waals surface area (Å²) in [6, 6.07) is 32.1. The summed E-state index contributed by atoms with van der Waals surface area (Å²) in [5.41, 5.74) is 4.75. The molecule has 0 saturated heterocycles. The van der Waals surface area contributed by atoms with Crippen LogP contribution in [0.5, 0.6) is 5.75 Å². The Morgan fingerprint density at radius 2 is 1.35 bits per heavy atom. The van der Waals surface area contributed by atoms with Gasteiger partial charge in [0.1, 0.15) is 28.1 Å². The van der Waals surface area contributed by atoms with Gasteiger partial charge in [-0.3, -0.25) is 0 Å². The van der Waals surface area contributed by atoms with Gasteiger partial charge < -0.3 is 14.8 Å². The predicted molar refractivity (Wildman–Crippen MR) is 167 cm³/mol. The highest BCUT2D eigenvalue weighted by Gasteiger charge is 2.22. The molecule has 0 bridgehead atoms. The molecular formula is C33H28N6O3S. The maximum atomic E-state index is 13.2. The van der Waals surface area contributed by atoms with E-state index in [0.717, 1.165) is 22.5 Å². The number of azo groups is 1. The van der Waals surface area contributed by atoms with Crippen LogP contribution < -0.4 is 14.8 Å². The number of nitrogens with zero attached hydrogens (tertiary/aromatic N) is 4. The first-order valence-corrected chi connectivity index (χ1v) is 14.8. The van der Waals surface area contributed by atoms with Crippen molar-refractivity contribution >= 4 is 44.5 Å². The number of benzene rings is 4. The summed E-state index contributed by atoms with van der Waals surface area (Å²) in [7, 11) is -4.23. The van der Waals surface area contributed by atoms with E-state index in [1.165, 1.54) is 12.1 Å². The second kappa shape index (κ2) is 12.5. The smallest absolute Gasteiger partial charge is 0.341 e. The molecule has 10 heteroatoms. The van der Waals surface area contributed by atoms with Crippen molar-refractivity contribution in [2.75, 3.05) is 10.6 Å². The summed E-state index contributed by atoms with van der Waals surface area (Å²) < 4.78 is 31.7. The highest BCUT2D eigenvalue weighted by atomic mass is 32.2. The molecule has 0 fully saturated rings. The second-order valence-corrected chi connectivity index (χ2v) is 11.3. The van der Waals surface area contributed by atoms with E-state index in [0.29, 0.717) is 17.2 Å². The average molecular weight is 589 g/mol. The molecule has 9 nitrogen and oxygen atoms in total. The molecule has 0 aliphatic rings. The lowest BCUT2D eigenvalue weighted by atomic mass is 10.1. The van der Waals surface area contributed by atoms with E-state index in [1.807, 2.05) is 62.4 Å². The summed E-state index contributed by atoms with van der Waals surface area (Å²) in [6.45, 7) is 5.70. The summed E-state index contributed by atoms with van der Waals surface area (Å²) >= 11 is 0. The largest absolute Gasteiger partial charge is 0.379 e. The summed E-state index contributed by atoms with van der Waals surface area (Å²) in [5, 5.41) is 25.5. The Labute approximate surface area is 250 Å². The van der Waals surface area contributed by atoms with Gasteiger partial charge in [-0.2, -0.15) is 13.7 Å². The molecular weight excluding hydrogens is 560 g/mol. The third-order valence-corrected chi connectivity index (χ3v) is 7.73. The van der Waals surface area contributed by atoms with E-state index < -0.39 is 10.1 Å². The fourth-order valence-electron chi connectivity index (χ4n) is 4.35. The van der Waals surface area contributed by atoms with Gasteiger partial charge in [-0.1, -0.05) is 54.6 Å². The first-order chi connectivity index (χ1) is 20.7. The molecule has 1 heterocycles. The fraction of sp³-hybridized carbons (Fsp3) is 0.0909. The van der Waals surface area contributed by atoms with E-state index in [4.69, 9.17) is 9.17 Å². The van der Waals surface area contributed by atoms with Gasteiger partial charge >= 0.3 is 10.1 Å². The van der Waals surface area contributed by atoms with Crippen LogP contribution in [0.25, 0.3) is 0 Å². The monoisotopic (exact) mass is 588 g/mol. The molecule has 5 rings (SSSR count). The maximum absolute atomic E-state index is 13.2. The molecule has 2 N–H and O–H groups in total. The van der Waals surface area contributed by atoms with E-state index >= 15 is 0 Å². The first-order valence-electron chi connectivity index (χ1n) is 13.4. The highest BCUT2D eigenvalue weighted by molar-refractivity contribution is 7.87. The molecule has 0 amide bonds. The summed E-state index contributed by atoms with van der Waals surface area (Å²) in [4.78, 5) is 4.60. The van der Waals surface area contributed by atoms with Crippen LogP contribution in [0.2, 0.25) is 0 Å². The Hall–Kier alpha value is -5.53. The number of nitrogens with one attached hydrogen (secondary N) is 2. The number of para-hydroxylation sites is 1. The molecule has 0 radical (unpaired) electrons. The van der Waals surface area contributed by atoms with Crippen molar-refractivity contribution in [3.05, 3.63) is 125 Å². The van der Waals surface area contributed by atoms with Gasteiger partial charge in [0.25, 0.3) is 0 Å². The van der Waals surface area contributed by atoms with Crippen molar-refractivity contribution in [1.29, 1.82) is 5.26 Å². The number of hydrogen-bond donors (Lipinski definition) is 2. The second-order valence-electron chi connectivity index (χ2n) is 9.78. The van der Waals surface area contributed by atoms with E-state index in [9.17, 15) is 13.7 Å². The molecule has 214 valence electrons. The average Bonchev–Trinajstić information content (AvgIpc) is 2.98. The van der Waals surface area contributed by atoms with Crippen molar-refractivity contribution in [3.63, 3.8) is 0 Å². The number of anilines is 4. The van der Waals surface area contributed by atoms with Gasteiger partial charge in [0.15, 0.2) is 11.6 Å². The predicted octanol–water partition coefficient (Wildman–Crippen LogP) is 8.55. The third-order valence-electron chi connectivity index (χ3n) is 6.43. The molecule has 5 aromatic rings. The van der Waals surface area contributed by atoms with Crippen LogP contribution in [0, 0.1) is 32.1 Å².